The van der Waals surface area contributed by atoms with Gasteiger partial charge in [-0.1, -0.05) is 0 Å². The molecule has 0 bridgehead atoms. The number of sulfone groups is 1. The van der Waals surface area contributed by atoms with Gasteiger partial charge in [-0.25, -0.2) is 17.2 Å². The molecule has 0 N–H and O–H groups in total. The Balaban J connectivity index is 2.80. The molecule has 3 nitrogen and oxygen atoms in total. The van der Waals surface area contributed by atoms with Gasteiger partial charge in [0.05, 0.1) is 10.6 Å². The van der Waals surface area contributed by atoms with Crippen LogP contribution in [0.1, 0.15) is 16.8 Å². The number of Topliss-reactive ketones (excluding diaryl/α,β-unsaturated/α-hetero) is 1. The molecule has 1 heterocycles. The van der Waals surface area contributed by atoms with Crippen LogP contribution < -0.4 is 0 Å². The number of fused-ring (bicyclic) bond motifs is 1. The summed E-state index contributed by atoms with van der Waals surface area (Å²) in [6.45, 7) is 0. The number of benzene rings is 1. The summed E-state index contributed by atoms with van der Waals surface area (Å²) in [7, 11) is -3.64. The van der Waals surface area contributed by atoms with E-state index in [0.717, 1.165) is 0 Å². The molecule has 1 aromatic carbocycles. The third kappa shape index (κ3) is 1.54. The van der Waals surface area contributed by atoms with Crippen molar-refractivity contribution in [3.05, 3.63) is 29.3 Å². The molecule has 1 aromatic rings. The summed E-state index contributed by atoms with van der Waals surface area (Å²) in [5, 5.41) is 0. The largest absolute Gasteiger partial charge is 0.294 e. The molecule has 0 unspecified atom stereocenters. The van der Waals surface area contributed by atoms with Gasteiger partial charge in [0.15, 0.2) is 27.3 Å². The van der Waals surface area contributed by atoms with E-state index in [1.807, 2.05) is 0 Å². The Bertz CT molecular complexity index is 549. The number of halogens is 2. The van der Waals surface area contributed by atoms with Gasteiger partial charge in [-0.05, 0) is 12.1 Å². The normalized spacial score (nSPS) is 18.7. The summed E-state index contributed by atoms with van der Waals surface area (Å²) in [6.07, 6.45) is -0.180. The third-order valence-corrected chi connectivity index (χ3v) is 4.01. The van der Waals surface area contributed by atoms with Gasteiger partial charge in [0.25, 0.3) is 0 Å². The average molecular weight is 232 g/mol. The molecule has 0 amide bonds. The fourth-order valence-corrected chi connectivity index (χ4v) is 2.94. The van der Waals surface area contributed by atoms with Crippen molar-refractivity contribution in [2.45, 2.75) is 11.3 Å². The van der Waals surface area contributed by atoms with Crippen LogP contribution in [0.2, 0.25) is 0 Å². The van der Waals surface area contributed by atoms with Gasteiger partial charge in [-0.3, -0.25) is 4.79 Å². The van der Waals surface area contributed by atoms with E-state index >= 15 is 0 Å². The highest BCUT2D eigenvalue weighted by atomic mass is 32.2. The molecule has 0 aliphatic carbocycles. The monoisotopic (exact) mass is 232 g/mol. The molecule has 0 atom stereocenters. The topological polar surface area (TPSA) is 51.2 Å². The number of carbonyl (C=O) groups excluding carboxylic acids is 1. The predicted octanol–water partition coefficient (Wildman–Crippen LogP) is 1.32. The first-order chi connectivity index (χ1) is 6.92. The van der Waals surface area contributed by atoms with Crippen LogP contribution in [0.4, 0.5) is 8.78 Å². The smallest absolute Gasteiger partial charge is 0.179 e. The van der Waals surface area contributed by atoms with Gasteiger partial charge in [-0.2, -0.15) is 0 Å². The standard InChI is InChI=1S/C9H6F2O3S/c10-6-3-5-8(12)1-2-15(13,14)9(5)4-7(6)11/h3-4H,1-2H2. The Kier molecular flexibility index (Phi) is 2.11. The molecule has 0 aromatic heterocycles. The molecular formula is C9H6F2O3S. The van der Waals surface area contributed by atoms with Crippen molar-refractivity contribution >= 4 is 15.6 Å². The molecule has 80 valence electrons. The summed E-state index contributed by atoms with van der Waals surface area (Å²) in [5.41, 5.74) is -0.250. The summed E-state index contributed by atoms with van der Waals surface area (Å²) in [5.74, 6) is -3.28. The first kappa shape index (κ1) is 10.2. The highest BCUT2D eigenvalue weighted by Crippen LogP contribution is 2.26. The van der Waals surface area contributed by atoms with Crippen molar-refractivity contribution in [3.63, 3.8) is 0 Å². The van der Waals surface area contributed by atoms with Gasteiger partial charge >= 0.3 is 0 Å². The van der Waals surface area contributed by atoms with Crippen LogP contribution in [-0.4, -0.2) is 20.0 Å². The summed E-state index contributed by atoms with van der Waals surface area (Å²) < 4.78 is 48.5. The van der Waals surface area contributed by atoms with Crippen molar-refractivity contribution < 1.29 is 22.0 Å². The highest BCUT2D eigenvalue weighted by Gasteiger charge is 2.30. The SMILES string of the molecule is O=C1CCS(=O)(=O)c2cc(F)c(F)cc21. The second-order valence-electron chi connectivity index (χ2n) is 3.25. The van der Waals surface area contributed by atoms with Crippen molar-refractivity contribution in [2.75, 3.05) is 5.75 Å². The minimum absolute atomic E-state index is 0.180. The van der Waals surface area contributed by atoms with Gasteiger partial charge in [0, 0.05) is 12.0 Å². The van der Waals surface area contributed by atoms with E-state index in [-0.39, 0.29) is 17.7 Å². The summed E-state index contributed by atoms with van der Waals surface area (Å²) >= 11 is 0. The van der Waals surface area contributed by atoms with Crippen molar-refractivity contribution in [3.8, 4) is 0 Å². The second kappa shape index (κ2) is 3.10. The Morgan fingerprint density at radius 1 is 1.13 bits per heavy atom. The van der Waals surface area contributed by atoms with Gasteiger partial charge in [0.2, 0.25) is 0 Å². The lowest BCUT2D eigenvalue weighted by atomic mass is 10.1. The average Bonchev–Trinajstić information content (AvgIpc) is 2.16. The lowest BCUT2D eigenvalue weighted by molar-refractivity contribution is 0.0982. The Morgan fingerprint density at radius 2 is 1.73 bits per heavy atom. The van der Waals surface area contributed by atoms with Crippen LogP contribution in [0.15, 0.2) is 17.0 Å². The van der Waals surface area contributed by atoms with E-state index in [9.17, 15) is 22.0 Å². The lowest BCUT2D eigenvalue weighted by Crippen LogP contribution is -2.22. The molecule has 1 aliphatic heterocycles. The quantitative estimate of drug-likeness (QED) is 0.634. The fraction of sp³-hybridized carbons (Fsp3) is 0.222. The molecule has 0 saturated carbocycles. The number of carbonyl (C=O) groups is 1. The molecule has 0 fully saturated rings. The molecule has 1 aliphatic rings. The zero-order chi connectivity index (χ0) is 11.2. The lowest BCUT2D eigenvalue weighted by Gasteiger charge is -2.14. The fourth-order valence-electron chi connectivity index (χ4n) is 1.48. The first-order valence-corrected chi connectivity index (χ1v) is 5.82. The van der Waals surface area contributed by atoms with Crippen molar-refractivity contribution in [2.24, 2.45) is 0 Å². The first-order valence-electron chi connectivity index (χ1n) is 4.17. The Hall–Kier alpha value is -1.30. The van der Waals surface area contributed by atoms with E-state index in [0.29, 0.717) is 12.1 Å². The highest BCUT2D eigenvalue weighted by molar-refractivity contribution is 7.91. The molecule has 0 radical (unpaired) electrons. The van der Waals surface area contributed by atoms with E-state index < -0.39 is 32.2 Å². The molecule has 0 spiro atoms. The van der Waals surface area contributed by atoms with Crippen LogP contribution in [0.5, 0.6) is 0 Å². The summed E-state index contributed by atoms with van der Waals surface area (Å²) in [6, 6.07) is 1.21. The van der Waals surface area contributed by atoms with E-state index in [1.165, 1.54) is 0 Å². The maximum absolute atomic E-state index is 12.8. The molecule has 15 heavy (non-hydrogen) atoms. The van der Waals surface area contributed by atoms with Gasteiger partial charge in [-0.15, -0.1) is 0 Å². The Morgan fingerprint density at radius 3 is 2.40 bits per heavy atom. The van der Waals surface area contributed by atoms with Crippen LogP contribution in [0.3, 0.4) is 0 Å². The van der Waals surface area contributed by atoms with Crippen molar-refractivity contribution in [1.29, 1.82) is 0 Å². The van der Waals surface area contributed by atoms with Crippen LogP contribution in [0.25, 0.3) is 0 Å². The Labute approximate surface area is 84.6 Å². The van der Waals surface area contributed by atoms with E-state index in [1.54, 1.807) is 0 Å². The van der Waals surface area contributed by atoms with Crippen molar-refractivity contribution in [1.82, 2.24) is 0 Å². The van der Waals surface area contributed by atoms with E-state index in [4.69, 9.17) is 0 Å². The molecule has 6 heteroatoms. The number of rotatable bonds is 0. The molecular weight excluding hydrogens is 226 g/mol. The molecule has 2 rings (SSSR count). The second-order valence-corrected chi connectivity index (χ2v) is 5.33. The summed E-state index contributed by atoms with van der Waals surface area (Å²) in [4.78, 5) is 10.9. The third-order valence-electron chi connectivity index (χ3n) is 2.26. The minimum atomic E-state index is -3.64. The van der Waals surface area contributed by atoms with Gasteiger partial charge in [0.1, 0.15) is 0 Å². The van der Waals surface area contributed by atoms with Crippen LogP contribution >= 0.6 is 0 Å². The zero-order valence-electron chi connectivity index (χ0n) is 7.46. The maximum atomic E-state index is 12.8. The minimum Gasteiger partial charge on any atom is -0.294 e. The number of hydrogen-bond donors (Lipinski definition) is 0. The number of hydrogen-bond acceptors (Lipinski definition) is 3. The van der Waals surface area contributed by atoms with Crippen LogP contribution in [0, 0.1) is 11.6 Å². The van der Waals surface area contributed by atoms with Crippen LogP contribution in [-0.2, 0) is 9.84 Å². The van der Waals surface area contributed by atoms with E-state index in [2.05, 4.69) is 0 Å². The van der Waals surface area contributed by atoms with Gasteiger partial charge < -0.3 is 0 Å². The predicted molar refractivity (Wildman–Crippen MR) is 47.4 cm³/mol. The maximum Gasteiger partial charge on any atom is 0.179 e. The zero-order valence-corrected chi connectivity index (χ0v) is 8.27. The molecule has 0 saturated heterocycles. The number of ketones is 1.